The lowest BCUT2D eigenvalue weighted by Crippen LogP contribution is -2.22. The van der Waals surface area contributed by atoms with Crippen molar-refractivity contribution in [3.8, 4) is 11.1 Å². The molecule has 1 N–H and O–H groups in total. The van der Waals surface area contributed by atoms with Crippen molar-refractivity contribution >= 4 is 23.0 Å². The Bertz CT molecular complexity index is 926. The highest BCUT2D eigenvalue weighted by molar-refractivity contribution is 6.31. The van der Waals surface area contributed by atoms with Gasteiger partial charge in [-0.1, -0.05) is 36.7 Å². The van der Waals surface area contributed by atoms with Gasteiger partial charge in [0.25, 0.3) is 0 Å². The van der Waals surface area contributed by atoms with Crippen molar-refractivity contribution in [2.75, 3.05) is 0 Å². The van der Waals surface area contributed by atoms with Crippen LogP contribution in [0.4, 0.5) is 0 Å². The van der Waals surface area contributed by atoms with E-state index in [2.05, 4.69) is 31.2 Å². The van der Waals surface area contributed by atoms with Crippen LogP contribution in [0.2, 0.25) is 5.02 Å². The normalized spacial score (nSPS) is 22.2. The van der Waals surface area contributed by atoms with Crippen molar-refractivity contribution in [2.24, 2.45) is 11.8 Å². The van der Waals surface area contributed by atoms with Crippen molar-refractivity contribution in [2.45, 2.75) is 39.5 Å². The van der Waals surface area contributed by atoms with E-state index in [-0.39, 0.29) is 17.6 Å². The van der Waals surface area contributed by atoms with Gasteiger partial charge in [0.05, 0.1) is 5.57 Å². The number of hydrogen-bond donors (Lipinski definition) is 1. The maximum absolute atomic E-state index is 13.0. The summed E-state index contributed by atoms with van der Waals surface area (Å²) in [5.41, 5.74) is 5.71. The molecule has 2 nitrogen and oxygen atoms in total. The Morgan fingerprint density at radius 2 is 1.77 bits per heavy atom. The van der Waals surface area contributed by atoms with Crippen LogP contribution >= 0.6 is 11.6 Å². The molecule has 2 aromatic rings. The van der Waals surface area contributed by atoms with Gasteiger partial charge in [-0.3, -0.25) is 4.79 Å². The first-order valence-corrected chi connectivity index (χ1v) is 9.74. The maximum atomic E-state index is 13.0. The van der Waals surface area contributed by atoms with E-state index in [9.17, 15) is 9.90 Å². The molecule has 0 aliphatic heterocycles. The minimum atomic E-state index is 0.0806. The molecular formula is C23H23ClO2. The molecule has 4 rings (SSSR count). The molecule has 26 heavy (non-hydrogen) atoms. The number of fused-ring (bicyclic) bond motifs is 2. The number of ketones is 1. The Morgan fingerprint density at radius 3 is 2.50 bits per heavy atom. The van der Waals surface area contributed by atoms with Crippen molar-refractivity contribution < 1.29 is 9.90 Å². The summed E-state index contributed by atoms with van der Waals surface area (Å²) < 4.78 is 0. The summed E-state index contributed by atoms with van der Waals surface area (Å²) in [6, 6.07) is 12.2. The average molecular weight is 367 g/mol. The molecule has 0 radical (unpaired) electrons. The van der Waals surface area contributed by atoms with Gasteiger partial charge >= 0.3 is 0 Å². The van der Waals surface area contributed by atoms with Gasteiger partial charge in [-0.15, -0.1) is 0 Å². The summed E-state index contributed by atoms with van der Waals surface area (Å²) in [6.45, 7) is 4.08. The van der Waals surface area contributed by atoms with Gasteiger partial charge in [-0.25, -0.2) is 0 Å². The first-order chi connectivity index (χ1) is 12.5. The predicted octanol–water partition coefficient (Wildman–Crippen LogP) is 6.15. The summed E-state index contributed by atoms with van der Waals surface area (Å²) in [6.07, 6.45) is 3.46. The lowest BCUT2D eigenvalue weighted by Gasteiger charge is -2.23. The lowest BCUT2D eigenvalue weighted by atomic mass is 9.81. The number of carbonyl (C=O) groups excluding carboxylic acids is 1. The molecule has 3 heteroatoms. The Morgan fingerprint density at radius 1 is 1.08 bits per heavy atom. The van der Waals surface area contributed by atoms with Gasteiger partial charge in [-0.2, -0.15) is 0 Å². The van der Waals surface area contributed by atoms with Crippen LogP contribution in [-0.4, -0.2) is 10.9 Å². The first-order valence-electron chi connectivity index (χ1n) is 9.36. The van der Waals surface area contributed by atoms with E-state index in [1.54, 1.807) is 0 Å². The van der Waals surface area contributed by atoms with E-state index < -0.39 is 0 Å². The second-order valence-corrected chi connectivity index (χ2v) is 7.93. The average Bonchev–Trinajstić information content (AvgIpc) is 3.10. The second kappa shape index (κ2) is 6.59. The van der Waals surface area contributed by atoms with E-state index >= 15 is 0 Å². The smallest absolute Gasteiger partial charge is 0.169 e. The molecule has 2 aliphatic rings. The Hall–Kier alpha value is -2.06. The molecule has 0 aromatic heterocycles. The molecule has 0 saturated heterocycles. The number of rotatable bonds is 3. The minimum absolute atomic E-state index is 0.0806. The van der Waals surface area contributed by atoms with Crippen LogP contribution < -0.4 is 0 Å². The molecule has 1 saturated carbocycles. The molecule has 0 amide bonds. The Labute approximate surface area is 159 Å². The molecule has 2 atom stereocenters. The lowest BCUT2D eigenvalue weighted by molar-refractivity contribution is -0.117. The quantitative estimate of drug-likeness (QED) is 0.707. The topological polar surface area (TPSA) is 37.3 Å². The zero-order chi connectivity index (χ0) is 18.4. The van der Waals surface area contributed by atoms with Crippen LogP contribution in [0.3, 0.4) is 0 Å². The SMILES string of the molecule is CCc1ccc(-c2ccc(Cl)c(C)c2)cc1C1=C(O)C2CCC(C2)C1=O. The maximum Gasteiger partial charge on any atom is 0.169 e. The number of halogens is 1. The van der Waals surface area contributed by atoms with Crippen molar-refractivity contribution in [3.05, 3.63) is 63.9 Å². The fourth-order valence-corrected chi connectivity index (χ4v) is 4.51. The number of hydrogen-bond acceptors (Lipinski definition) is 2. The first kappa shape index (κ1) is 17.4. The Kier molecular flexibility index (Phi) is 4.40. The van der Waals surface area contributed by atoms with Crippen molar-refractivity contribution in [3.63, 3.8) is 0 Å². The molecule has 2 unspecified atom stereocenters. The summed E-state index contributed by atoms with van der Waals surface area (Å²) in [5, 5.41) is 11.5. The van der Waals surface area contributed by atoms with Crippen LogP contribution in [0, 0.1) is 18.8 Å². The highest BCUT2D eigenvalue weighted by atomic mass is 35.5. The summed E-state index contributed by atoms with van der Waals surface area (Å²) >= 11 is 6.16. The molecule has 2 bridgehead atoms. The molecular weight excluding hydrogens is 344 g/mol. The molecule has 2 aromatic carbocycles. The van der Waals surface area contributed by atoms with E-state index in [0.29, 0.717) is 11.3 Å². The van der Waals surface area contributed by atoms with Crippen LogP contribution in [0.1, 0.15) is 42.9 Å². The summed E-state index contributed by atoms with van der Waals surface area (Å²) in [4.78, 5) is 13.0. The van der Waals surface area contributed by atoms with Crippen LogP contribution in [-0.2, 0) is 11.2 Å². The molecule has 2 aliphatic carbocycles. The van der Waals surface area contributed by atoms with Gasteiger partial charge in [-0.05, 0) is 78.6 Å². The molecule has 1 fully saturated rings. The molecule has 134 valence electrons. The van der Waals surface area contributed by atoms with Gasteiger partial charge in [0.1, 0.15) is 5.76 Å². The van der Waals surface area contributed by atoms with Crippen molar-refractivity contribution in [1.29, 1.82) is 0 Å². The molecule has 0 spiro atoms. The Balaban J connectivity index is 1.87. The van der Waals surface area contributed by atoms with E-state index in [1.807, 2.05) is 19.1 Å². The molecule has 0 heterocycles. The highest BCUT2D eigenvalue weighted by Gasteiger charge is 2.41. The summed E-state index contributed by atoms with van der Waals surface area (Å²) in [7, 11) is 0. The number of aliphatic hydroxyl groups excluding tert-OH is 1. The third-order valence-corrected chi connectivity index (χ3v) is 6.37. The third-order valence-electron chi connectivity index (χ3n) is 5.94. The zero-order valence-corrected chi connectivity index (χ0v) is 15.9. The highest BCUT2D eigenvalue weighted by Crippen LogP contribution is 2.46. The zero-order valence-electron chi connectivity index (χ0n) is 15.2. The van der Waals surface area contributed by atoms with Crippen LogP contribution in [0.5, 0.6) is 0 Å². The van der Waals surface area contributed by atoms with Crippen LogP contribution in [0.15, 0.2) is 42.2 Å². The largest absolute Gasteiger partial charge is 0.511 e. The van der Waals surface area contributed by atoms with E-state index in [0.717, 1.165) is 58.5 Å². The number of aryl methyl sites for hydroxylation is 2. The van der Waals surface area contributed by atoms with Gasteiger partial charge in [0, 0.05) is 16.9 Å². The van der Waals surface area contributed by atoms with E-state index in [4.69, 9.17) is 11.6 Å². The van der Waals surface area contributed by atoms with Crippen LogP contribution in [0.25, 0.3) is 16.7 Å². The van der Waals surface area contributed by atoms with E-state index in [1.165, 1.54) is 0 Å². The standard InChI is InChI=1S/C23H23ClO2/c1-3-14-4-5-16(15-8-9-20(24)13(2)10-15)12-19(14)21-22(25)17-6-7-18(11-17)23(21)26/h4-5,8-10,12,17-18,25H,3,6-7,11H2,1-2H3. The third kappa shape index (κ3) is 2.77. The fraction of sp³-hybridized carbons (Fsp3) is 0.348. The number of carbonyl (C=O) groups is 1. The number of Topliss-reactive ketones (excluding diaryl/α,β-unsaturated/α-hetero) is 1. The number of benzene rings is 2. The monoisotopic (exact) mass is 366 g/mol. The summed E-state index contributed by atoms with van der Waals surface area (Å²) in [5.74, 6) is 0.661. The predicted molar refractivity (Wildman–Crippen MR) is 106 cm³/mol. The number of aliphatic hydroxyl groups is 1. The second-order valence-electron chi connectivity index (χ2n) is 7.52. The van der Waals surface area contributed by atoms with Gasteiger partial charge in [0.15, 0.2) is 5.78 Å². The fourth-order valence-electron chi connectivity index (χ4n) is 4.39. The van der Waals surface area contributed by atoms with Gasteiger partial charge < -0.3 is 5.11 Å². The minimum Gasteiger partial charge on any atom is -0.511 e. The number of allylic oxidation sites excluding steroid dienone is 2. The van der Waals surface area contributed by atoms with Gasteiger partial charge in [0.2, 0.25) is 0 Å². The van der Waals surface area contributed by atoms with Crippen molar-refractivity contribution in [1.82, 2.24) is 0 Å².